The van der Waals surface area contributed by atoms with E-state index in [1.165, 1.54) is 6.42 Å². The summed E-state index contributed by atoms with van der Waals surface area (Å²) in [6.07, 6.45) is 1.25. The normalized spacial score (nSPS) is 13.0. The van der Waals surface area contributed by atoms with E-state index in [2.05, 4.69) is 29.8 Å². The van der Waals surface area contributed by atoms with Crippen LogP contribution in [-0.2, 0) is 0 Å². The first-order valence-electron chi connectivity index (χ1n) is 6.13. The van der Waals surface area contributed by atoms with Gasteiger partial charge in [-0.1, -0.05) is 20.3 Å². The Morgan fingerprint density at radius 2 is 1.47 bits per heavy atom. The molecule has 0 fully saturated rings. The molecule has 0 saturated heterocycles. The minimum Gasteiger partial charge on any atom is -0.329 e. The molecule has 5 N–H and O–H groups in total. The fourth-order valence-electron chi connectivity index (χ4n) is 1.20. The predicted molar refractivity (Wildman–Crippen MR) is 67.1 cm³/mol. The highest BCUT2D eigenvalue weighted by atomic mass is 15.0. The van der Waals surface area contributed by atoms with E-state index >= 15 is 0 Å². The summed E-state index contributed by atoms with van der Waals surface area (Å²) in [4.78, 5) is 0. The molecule has 0 aromatic heterocycles. The summed E-state index contributed by atoms with van der Waals surface area (Å²) in [5, 5.41) is 10.1. The van der Waals surface area contributed by atoms with Crippen molar-refractivity contribution in [2.45, 2.75) is 20.3 Å². The zero-order valence-corrected chi connectivity index (χ0v) is 10.3. The highest BCUT2D eigenvalue weighted by Crippen LogP contribution is 1.96. The second kappa shape index (κ2) is 11.9. The number of nitrogens with two attached hydrogens (primary N) is 1. The van der Waals surface area contributed by atoms with Crippen LogP contribution >= 0.6 is 0 Å². The first kappa shape index (κ1) is 14.8. The van der Waals surface area contributed by atoms with E-state index < -0.39 is 0 Å². The fraction of sp³-hybridized carbons (Fsp3) is 1.00. The number of nitrogens with one attached hydrogen (secondary N) is 3. The smallest absolute Gasteiger partial charge is 0.00772 e. The van der Waals surface area contributed by atoms with E-state index in [9.17, 15) is 0 Å². The van der Waals surface area contributed by atoms with Crippen molar-refractivity contribution in [2.75, 3.05) is 45.8 Å². The molecular weight excluding hydrogens is 188 g/mol. The van der Waals surface area contributed by atoms with Crippen LogP contribution in [0, 0.1) is 5.92 Å². The second-order valence-corrected chi connectivity index (χ2v) is 4.01. The largest absolute Gasteiger partial charge is 0.329 e. The Labute approximate surface area is 94.4 Å². The molecule has 0 aliphatic carbocycles. The van der Waals surface area contributed by atoms with Gasteiger partial charge in [0.1, 0.15) is 0 Å². The summed E-state index contributed by atoms with van der Waals surface area (Å²) in [6.45, 7) is 11.4. The second-order valence-electron chi connectivity index (χ2n) is 4.01. The highest BCUT2D eigenvalue weighted by Gasteiger charge is 1.96. The molecule has 0 aliphatic rings. The molecule has 0 amide bonds. The summed E-state index contributed by atoms with van der Waals surface area (Å²) < 4.78 is 0. The first-order chi connectivity index (χ1) is 7.31. The molecule has 0 bridgehead atoms. The fourth-order valence-corrected chi connectivity index (χ4v) is 1.20. The maximum atomic E-state index is 5.36. The van der Waals surface area contributed by atoms with Gasteiger partial charge >= 0.3 is 0 Å². The third-order valence-corrected chi connectivity index (χ3v) is 2.47. The third kappa shape index (κ3) is 11.8. The van der Waals surface area contributed by atoms with Crippen LogP contribution in [0.4, 0.5) is 0 Å². The van der Waals surface area contributed by atoms with Crippen molar-refractivity contribution in [3.8, 4) is 0 Å². The summed E-state index contributed by atoms with van der Waals surface area (Å²) >= 11 is 0. The number of rotatable bonds is 11. The zero-order valence-electron chi connectivity index (χ0n) is 10.3. The van der Waals surface area contributed by atoms with Crippen LogP contribution in [0.5, 0.6) is 0 Å². The lowest BCUT2D eigenvalue weighted by Gasteiger charge is -2.10. The van der Waals surface area contributed by atoms with Gasteiger partial charge in [0.05, 0.1) is 0 Å². The topological polar surface area (TPSA) is 62.1 Å². The Bertz CT molecular complexity index is 119. The van der Waals surface area contributed by atoms with E-state index in [0.717, 1.165) is 51.7 Å². The van der Waals surface area contributed by atoms with Gasteiger partial charge < -0.3 is 21.7 Å². The standard InChI is InChI=1S/C11H28N4/c1-3-11(2)10-15-9-8-14-7-6-13-5-4-12/h11,13-15H,3-10,12H2,1-2H3. The molecule has 4 heteroatoms. The lowest BCUT2D eigenvalue weighted by atomic mass is 10.1. The van der Waals surface area contributed by atoms with Gasteiger partial charge in [0.2, 0.25) is 0 Å². The molecule has 4 nitrogen and oxygen atoms in total. The molecule has 1 atom stereocenters. The third-order valence-electron chi connectivity index (χ3n) is 2.47. The minimum atomic E-state index is 0.719. The van der Waals surface area contributed by atoms with Crippen LogP contribution in [0.1, 0.15) is 20.3 Å². The maximum Gasteiger partial charge on any atom is 0.00772 e. The van der Waals surface area contributed by atoms with Crippen molar-refractivity contribution in [1.82, 2.24) is 16.0 Å². The molecule has 0 aromatic carbocycles. The van der Waals surface area contributed by atoms with E-state index in [4.69, 9.17) is 5.73 Å². The zero-order chi connectivity index (χ0) is 11.4. The van der Waals surface area contributed by atoms with Gasteiger partial charge in [0, 0.05) is 39.3 Å². The van der Waals surface area contributed by atoms with Crippen LogP contribution in [0.15, 0.2) is 0 Å². The van der Waals surface area contributed by atoms with Crippen LogP contribution in [0.3, 0.4) is 0 Å². The SMILES string of the molecule is CCC(C)CNCCNCCNCCN. The number of hydrogen-bond donors (Lipinski definition) is 4. The Hall–Kier alpha value is -0.160. The van der Waals surface area contributed by atoms with Gasteiger partial charge in [0.25, 0.3) is 0 Å². The van der Waals surface area contributed by atoms with Crippen LogP contribution in [-0.4, -0.2) is 45.8 Å². The molecule has 0 rings (SSSR count). The van der Waals surface area contributed by atoms with E-state index in [-0.39, 0.29) is 0 Å². The van der Waals surface area contributed by atoms with Crippen LogP contribution < -0.4 is 21.7 Å². The molecule has 92 valence electrons. The van der Waals surface area contributed by atoms with Gasteiger partial charge in [-0.25, -0.2) is 0 Å². The molecule has 0 saturated carbocycles. The lowest BCUT2D eigenvalue weighted by Crippen LogP contribution is -2.35. The van der Waals surface area contributed by atoms with Gasteiger partial charge in [-0.15, -0.1) is 0 Å². The molecule has 15 heavy (non-hydrogen) atoms. The summed E-state index contributed by atoms with van der Waals surface area (Å²) in [5.41, 5.74) is 5.36. The molecule has 0 aromatic rings. The number of hydrogen-bond acceptors (Lipinski definition) is 4. The van der Waals surface area contributed by atoms with Gasteiger partial charge in [-0.2, -0.15) is 0 Å². The Morgan fingerprint density at radius 3 is 2.00 bits per heavy atom. The Morgan fingerprint density at radius 1 is 0.933 bits per heavy atom. The van der Waals surface area contributed by atoms with Crippen molar-refractivity contribution < 1.29 is 0 Å². The Kier molecular flexibility index (Phi) is 11.8. The minimum absolute atomic E-state index is 0.719. The van der Waals surface area contributed by atoms with E-state index in [1.54, 1.807) is 0 Å². The molecule has 1 unspecified atom stereocenters. The summed E-state index contributed by atoms with van der Waals surface area (Å²) in [7, 11) is 0. The first-order valence-corrected chi connectivity index (χ1v) is 6.13. The summed E-state index contributed by atoms with van der Waals surface area (Å²) in [6, 6.07) is 0. The Balaban J connectivity index is 2.92. The van der Waals surface area contributed by atoms with Crippen molar-refractivity contribution in [2.24, 2.45) is 11.7 Å². The molecule has 0 radical (unpaired) electrons. The van der Waals surface area contributed by atoms with E-state index in [1.807, 2.05) is 0 Å². The molecule has 0 heterocycles. The van der Waals surface area contributed by atoms with Crippen molar-refractivity contribution in [1.29, 1.82) is 0 Å². The maximum absolute atomic E-state index is 5.36. The summed E-state index contributed by atoms with van der Waals surface area (Å²) in [5.74, 6) is 0.788. The van der Waals surface area contributed by atoms with Gasteiger partial charge in [-0.05, 0) is 12.5 Å². The van der Waals surface area contributed by atoms with Crippen molar-refractivity contribution in [3.05, 3.63) is 0 Å². The quantitative estimate of drug-likeness (QED) is 0.360. The molecule has 0 aliphatic heterocycles. The van der Waals surface area contributed by atoms with Crippen molar-refractivity contribution in [3.63, 3.8) is 0 Å². The van der Waals surface area contributed by atoms with E-state index in [0.29, 0.717) is 0 Å². The van der Waals surface area contributed by atoms with Crippen molar-refractivity contribution >= 4 is 0 Å². The van der Waals surface area contributed by atoms with Crippen LogP contribution in [0.2, 0.25) is 0 Å². The van der Waals surface area contributed by atoms with Gasteiger partial charge in [0.15, 0.2) is 0 Å². The van der Waals surface area contributed by atoms with Gasteiger partial charge in [-0.3, -0.25) is 0 Å². The average molecular weight is 216 g/mol. The monoisotopic (exact) mass is 216 g/mol. The lowest BCUT2D eigenvalue weighted by molar-refractivity contribution is 0.491. The van der Waals surface area contributed by atoms with Crippen LogP contribution in [0.25, 0.3) is 0 Å². The average Bonchev–Trinajstić information content (AvgIpc) is 2.26. The molecule has 0 spiro atoms. The predicted octanol–water partition coefficient (Wildman–Crippen LogP) is -0.240. The highest BCUT2D eigenvalue weighted by molar-refractivity contribution is 4.57. The molecular formula is C11H28N4.